The van der Waals surface area contributed by atoms with E-state index in [9.17, 15) is 13.2 Å². The Labute approximate surface area is 55.6 Å². The highest BCUT2D eigenvalue weighted by molar-refractivity contribution is 4.62. The van der Waals surface area contributed by atoms with Crippen LogP contribution in [0.5, 0.6) is 0 Å². The predicted molar refractivity (Wildman–Crippen MR) is 27.1 cm³/mol. The van der Waals surface area contributed by atoms with Crippen molar-refractivity contribution in [1.82, 2.24) is 0 Å². The third-order valence-electron chi connectivity index (χ3n) is 0.771. The van der Waals surface area contributed by atoms with Crippen molar-refractivity contribution < 1.29 is 23.0 Å². The Morgan fingerprint density at radius 1 is 1.50 bits per heavy atom. The third kappa shape index (κ3) is 3.65. The fourth-order valence-electron chi connectivity index (χ4n) is 0.274. The minimum Gasteiger partial charge on any atom is -0.382 e. The van der Waals surface area contributed by atoms with E-state index in [-0.39, 0.29) is 6.73 Å². The first-order valence-corrected chi connectivity index (χ1v) is 2.51. The lowest BCUT2D eigenvalue weighted by molar-refractivity contribution is -0.217. The largest absolute Gasteiger partial charge is 0.416 e. The van der Waals surface area contributed by atoms with E-state index < -0.39 is 18.9 Å². The van der Waals surface area contributed by atoms with Crippen LogP contribution in [0.15, 0.2) is 0 Å². The van der Waals surface area contributed by atoms with Crippen molar-refractivity contribution in [2.75, 3.05) is 13.3 Å². The smallest absolute Gasteiger partial charge is 0.382 e. The van der Waals surface area contributed by atoms with Crippen LogP contribution < -0.4 is 5.73 Å². The summed E-state index contributed by atoms with van der Waals surface area (Å²) < 4.78 is 38.3. The summed E-state index contributed by atoms with van der Waals surface area (Å²) in [5.41, 5.74) is 4.72. The topological polar surface area (TPSA) is 55.5 Å². The van der Waals surface area contributed by atoms with Crippen LogP contribution in [0, 0.1) is 0 Å². The van der Waals surface area contributed by atoms with Gasteiger partial charge in [0.15, 0.2) is 6.10 Å². The number of hydrogen-bond donors (Lipinski definition) is 2. The number of alkyl halides is 3. The van der Waals surface area contributed by atoms with Gasteiger partial charge in [-0.1, -0.05) is 0 Å². The van der Waals surface area contributed by atoms with Crippen molar-refractivity contribution in [3.05, 3.63) is 0 Å². The molecule has 0 amide bonds. The molecule has 0 aliphatic heterocycles. The Kier molecular flexibility index (Phi) is 3.62. The number of nitrogens with two attached hydrogens (primary N) is 1. The molecule has 0 radical (unpaired) electrons. The van der Waals surface area contributed by atoms with E-state index in [1.54, 1.807) is 0 Å². The van der Waals surface area contributed by atoms with Gasteiger partial charge < -0.3 is 15.6 Å². The lowest BCUT2D eigenvalue weighted by Gasteiger charge is -2.13. The monoisotopic (exact) mass is 159 g/mol. The molecule has 62 valence electrons. The van der Waals surface area contributed by atoms with Crippen molar-refractivity contribution in [2.45, 2.75) is 12.3 Å². The number of hydrogen-bond acceptors (Lipinski definition) is 3. The van der Waals surface area contributed by atoms with Crippen LogP contribution >= 0.6 is 0 Å². The van der Waals surface area contributed by atoms with Crippen LogP contribution in [0.3, 0.4) is 0 Å². The summed E-state index contributed by atoms with van der Waals surface area (Å²) in [6.45, 7) is -1.13. The molecule has 3 nitrogen and oxygen atoms in total. The maximum absolute atomic E-state index is 11.4. The maximum Gasteiger partial charge on any atom is 0.416 e. The first kappa shape index (κ1) is 9.67. The standard InChI is InChI=1S/C4H8F3NO2/c5-4(6,7)3(9)1-10-2-8/h3,9H,1-2,8H2. The first-order chi connectivity index (χ1) is 4.48. The van der Waals surface area contributed by atoms with Crippen LogP contribution in [0.4, 0.5) is 13.2 Å². The lowest BCUT2D eigenvalue weighted by Crippen LogP contribution is -2.33. The molecule has 0 aliphatic carbocycles. The Bertz CT molecular complexity index is 95.0. The zero-order valence-corrected chi connectivity index (χ0v) is 5.06. The van der Waals surface area contributed by atoms with Crippen LogP contribution in [0.1, 0.15) is 0 Å². The van der Waals surface area contributed by atoms with E-state index in [1.807, 2.05) is 0 Å². The number of aliphatic hydroxyl groups excluding tert-OH is 1. The van der Waals surface area contributed by atoms with Gasteiger partial charge in [0.05, 0.1) is 13.3 Å². The third-order valence-corrected chi connectivity index (χ3v) is 0.771. The summed E-state index contributed by atoms with van der Waals surface area (Å²) in [4.78, 5) is 0. The molecule has 0 aromatic heterocycles. The van der Waals surface area contributed by atoms with E-state index in [0.29, 0.717) is 0 Å². The van der Waals surface area contributed by atoms with Crippen molar-refractivity contribution in [1.29, 1.82) is 0 Å². The Hall–Kier alpha value is -0.330. The maximum atomic E-state index is 11.4. The van der Waals surface area contributed by atoms with Crippen LogP contribution in [-0.2, 0) is 4.74 Å². The van der Waals surface area contributed by atoms with E-state index >= 15 is 0 Å². The molecule has 0 aromatic rings. The zero-order valence-electron chi connectivity index (χ0n) is 5.06. The molecule has 10 heavy (non-hydrogen) atoms. The Morgan fingerprint density at radius 3 is 2.30 bits per heavy atom. The normalized spacial score (nSPS) is 15.3. The Morgan fingerprint density at radius 2 is 2.00 bits per heavy atom. The van der Waals surface area contributed by atoms with Gasteiger partial charge in [-0.2, -0.15) is 13.2 Å². The van der Waals surface area contributed by atoms with Gasteiger partial charge in [0.1, 0.15) is 0 Å². The molecule has 0 fully saturated rings. The average molecular weight is 159 g/mol. The molecule has 1 unspecified atom stereocenters. The second-order valence-corrected chi connectivity index (χ2v) is 1.59. The molecule has 0 aliphatic rings. The van der Waals surface area contributed by atoms with Crippen LogP contribution in [0.2, 0.25) is 0 Å². The van der Waals surface area contributed by atoms with Gasteiger partial charge in [0.2, 0.25) is 0 Å². The predicted octanol–water partition coefficient (Wildman–Crippen LogP) is -0.158. The summed E-state index contributed by atoms with van der Waals surface area (Å²) in [6.07, 6.45) is -7.05. The highest BCUT2D eigenvalue weighted by Crippen LogP contribution is 2.19. The van der Waals surface area contributed by atoms with Gasteiger partial charge in [0, 0.05) is 0 Å². The minimum atomic E-state index is -4.62. The van der Waals surface area contributed by atoms with Crippen molar-refractivity contribution in [2.24, 2.45) is 5.73 Å². The molecule has 0 aromatic carbocycles. The van der Waals surface area contributed by atoms with Gasteiger partial charge in [-0.25, -0.2) is 0 Å². The number of ether oxygens (including phenoxy) is 1. The van der Waals surface area contributed by atoms with Gasteiger partial charge in [-0.05, 0) is 0 Å². The van der Waals surface area contributed by atoms with E-state index in [1.165, 1.54) is 0 Å². The van der Waals surface area contributed by atoms with Gasteiger partial charge in [-0.3, -0.25) is 0 Å². The lowest BCUT2D eigenvalue weighted by atomic mass is 10.4. The summed E-state index contributed by atoms with van der Waals surface area (Å²) in [5.74, 6) is 0. The molecule has 1 atom stereocenters. The fraction of sp³-hybridized carbons (Fsp3) is 1.00. The van der Waals surface area contributed by atoms with Gasteiger partial charge >= 0.3 is 6.18 Å². The highest BCUT2D eigenvalue weighted by Gasteiger charge is 2.38. The summed E-state index contributed by atoms with van der Waals surface area (Å²) in [7, 11) is 0. The quantitative estimate of drug-likeness (QED) is 0.562. The zero-order chi connectivity index (χ0) is 8.20. The SMILES string of the molecule is NCOCC(O)C(F)(F)F. The highest BCUT2D eigenvalue weighted by atomic mass is 19.4. The molecule has 0 saturated heterocycles. The molecule has 0 spiro atoms. The number of aliphatic hydroxyl groups is 1. The van der Waals surface area contributed by atoms with Crippen molar-refractivity contribution in [3.8, 4) is 0 Å². The van der Waals surface area contributed by atoms with Crippen molar-refractivity contribution >= 4 is 0 Å². The molecule has 0 bridgehead atoms. The summed E-state index contributed by atoms with van der Waals surface area (Å²) in [6, 6.07) is 0. The van der Waals surface area contributed by atoms with Crippen molar-refractivity contribution in [3.63, 3.8) is 0 Å². The van der Waals surface area contributed by atoms with E-state index in [4.69, 9.17) is 10.8 Å². The fourth-order valence-corrected chi connectivity index (χ4v) is 0.274. The van der Waals surface area contributed by atoms with E-state index in [0.717, 1.165) is 0 Å². The molecule has 0 rings (SSSR count). The number of halogens is 3. The average Bonchev–Trinajstić information content (AvgIpc) is 1.80. The molecule has 0 heterocycles. The molecule has 3 N–H and O–H groups in total. The molecule has 0 saturated carbocycles. The van der Waals surface area contributed by atoms with Crippen LogP contribution in [0.25, 0.3) is 0 Å². The summed E-state index contributed by atoms with van der Waals surface area (Å²) >= 11 is 0. The first-order valence-electron chi connectivity index (χ1n) is 2.51. The molecular weight excluding hydrogens is 151 g/mol. The minimum absolute atomic E-state index is 0.326. The second kappa shape index (κ2) is 3.75. The van der Waals surface area contributed by atoms with E-state index in [2.05, 4.69) is 4.74 Å². The Balaban J connectivity index is 3.52. The second-order valence-electron chi connectivity index (χ2n) is 1.59. The van der Waals surface area contributed by atoms with Gasteiger partial charge in [-0.15, -0.1) is 0 Å². The number of rotatable bonds is 3. The molecule has 6 heteroatoms. The molecular formula is C4H8F3NO2. The summed E-state index contributed by atoms with van der Waals surface area (Å²) in [5, 5.41) is 8.21. The van der Waals surface area contributed by atoms with Gasteiger partial charge in [0.25, 0.3) is 0 Å². The van der Waals surface area contributed by atoms with Crippen LogP contribution in [-0.4, -0.2) is 30.7 Å².